The Balaban J connectivity index is 1.46. The smallest absolute Gasteiger partial charge is 0.322 e. The predicted octanol–water partition coefficient (Wildman–Crippen LogP) is 2.92. The van der Waals surface area contributed by atoms with Gasteiger partial charge >= 0.3 is 5.76 Å². The molecular formula is C18H15F2N5O3S. The molecule has 1 N–H and O–H groups in total. The number of carbonyl (C=O) groups excluding carboxylic acids is 1. The van der Waals surface area contributed by atoms with Crippen LogP contribution >= 0.6 is 0 Å². The highest BCUT2D eigenvalue weighted by Gasteiger charge is 2.28. The zero-order valence-corrected chi connectivity index (χ0v) is 15.7. The van der Waals surface area contributed by atoms with Crippen molar-refractivity contribution in [2.75, 3.05) is 5.32 Å². The van der Waals surface area contributed by atoms with Gasteiger partial charge in [-0.25, -0.2) is 13.1 Å². The number of nitrogens with zero attached hydrogens (tertiary/aromatic N) is 4. The van der Waals surface area contributed by atoms with E-state index in [9.17, 15) is 22.0 Å². The number of alkyl halides is 2. The van der Waals surface area contributed by atoms with Gasteiger partial charge in [0.2, 0.25) is 9.84 Å². The standard InChI is InChI=1S/C18H15F2N5O3S/c19-18(20)29(27,28)15-9-3-12(4-10-15)17(26)21-13-5-1-11(2-6-13)16-22-23-24-25(16)14-7-8-14/h1-6,9-10,14,18H,7-8H2,(H,21,26). The van der Waals surface area contributed by atoms with Gasteiger partial charge in [-0.05, 0) is 71.8 Å². The number of anilines is 1. The minimum Gasteiger partial charge on any atom is -0.322 e. The SMILES string of the molecule is O=C(Nc1ccc(-c2nnnn2C2CC2)cc1)c1ccc(S(=O)(=O)C(F)F)cc1. The summed E-state index contributed by atoms with van der Waals surface area (Å²) in [5.41, 5.74) is 1.45. The molecule has 0 spiro atoms. The Morgan fingerprint density at radius 1 is 1.07 bits per heavy atom. The molecule has 1 amide bonds. The third-order valence-electron chi connectivity index (χ3n) is 4.47. The summed E-state index contributed by atoms with van der Waals surface area (Å²) in [6.07, 6.45) is 2.09. The van der Waals surface area contributed by atoms with Crippen molar-refractivity contribution in [3.8, 4) is 11.4 Å². The van der Waals surface area contributed by atoms with E-state index in [1.807, 2.05) is 0 Å². The lowest BCUT2D eigenvalue weighted by Crippen LogP contribution is -2.14. The molecule has 1 fully saturated rings. The van der Waals surface area contributed by atoms with Crippen molar-refractivity contribution in [3.63, 3.8) is 0 Å². The zero-order valence-electron chi connectivity index (χ0n) is 14.9. The number of halogens is 2. The van der Waals surface area contributed by atoms with E-state index in [4.69, 9.17) is 0 Å². The van der Waals surface area contributed by atoms with Crippen LogP contribution in [0.25, 0.3) is 11.4 Å². The largest absolute Gasteiger partial charge is 0.341 e. The van der Waals surface area contributed by atoms with Crippen LogP contribution in [0.15, 0.2) is 53.4 Å². The van der Waals surface area contributed by atoms with E-state index in [1.54, 1.807) is 28.9 Å². The Bertz CT molecular complexity index is 1140. The molecule has 0 unspecified atom stereocenters. The van der Waals surface area contributed by atoms with Gasteiger partial charge in [0.05, 0.1) is 10.9 Å². The molecule has 1 aliphatic carbocycles. The number of amides is 1. The lowest BCUT2D eigenvalue weighted by atomic mass is 10.1. The van der Waals surface area contributed by atoms with Crippen LogP contribution in [0, 0.1) is 0 Å². The molecule has 8 nitrogen and oxygen atoms in total. The molecule has 1 aliphatic rings. The maximum absolute atomic E-state index is 12.6. The van der Waals surface area contributed by atoms with Crippen molar-refractivity contribution < 1.29 is 22.0 Å². The van der Waals surface area contributed by atoms with Crippen LogP contribution in [-0.4, -0.2) is 40.3 Å². The summed E-state index contributed by atoms with van der Waals surface area (Å²) in [4.78, 5) is 11.8. The number of aromatic nitrogens is 4. The Morgan fingerprint density at radius 3 is 2.31 bits per heavy atom. The van der Waals surface area contributed by atoms with Crippen molar-refractivity contribution in [1.82, 2.24) is 20.2 Å². The maximum atomic E-state index is 12.6. The zero-order chi connectivity index (χ0) is 20.6. The highest BCUT2D eigenvalue weighted by Crippen LogP contribution is 2.36. The van der Waals surface area contributed by atoms with Crippen LogP contribution in [0.1, 0.15) is 29.2 Å². The first kappa shape index (κ1) is 19.1. The fourth-order valence-corrected chi connectivity index (χ4v) is 3.47. The number of carbonyl (C=O) groups is 1. The summed E-state index contributed by atoms with van der Waals surface area (Å²) in [5, 5.41) is 14.4. The number of nitrogens with one attached hydrogen (secondary N) is 1. The van der Waals surface area contributed by atoms with Crippen LogP contribution in [0.4, 0.5) is 14.5 Å². The molecule has 2 aromatic carbocycles. The number of hydrogen-bond donors (Lipinski definition) is 1. The van der Waals surface area contributed by atoms with Crippen molar-refractivity contribution in [2.45, 2.75) is 29.5 Å². The third kappa shape index (κ3) is 3.86. The number of sulfone groups is 1. The predicted molar refractivity (Wildman–Crippen MR) is 99.1 cm³/mol. The first-order chi connectivity index (χ1) is 13.9. The molecule has 0 bridgehead atoms. The Kier molecular flexibility index (Phi) is 4.82. The average Bonchev–Trinajstić information content (AvgIpc) is 3.45. The van der Waals surface area contributed by atoms with E-state index < -0.39 is 26.4 Å². The molecule has 0 aliphatic heterocycles. The van der Waals surface area contributed by atoms with E-state index in [1.165, 1.54) is 12.1 Å². The molecule has 0 atom stereocenters. The van der Waals surface area contributed by atoms with Gasteiger partial charge in [0.1, 0.15) is 0 Å². The van der Waals surface area contributed by atoms with Gasteiger partial charge in [-0.1, -0.05) is 0 Å². The second kappa shape index (κ2) is 7.32. The molecule has 4 rings (SSSR count). The summed E-state index contributed by atoms with van der Waals surface area (Å²) in [5.74, 6) is -3.36. The summed E-state index contributed by atoms with van der Waals surface area (Å²) in [6.45, 7) is 0. The molecule has 1 heterocycles. The Labute approximate surface area is 164 Å². The molecule has 0 radical (unpaired) electrons. The molecule has 1 saturated carbocycles. The van der Waals surface area contributed by atoms with Crippen LogP contribution in [0.3, 0.4) is 0 Å². The average molecular weight is 419 g/mol. The number of benzene rings is 2. The quantitative estimate of drug-likeness (QED) is 0.658. The monoisotopic (exact) mass is 419 g/mol. The van der Waals surface area contributed by atoms with Gasteiger partial charge in [0.25, 0.3) is 5.91 Å². The summed E-state index contributed by atoms with van der Waals surface area (Å²) >= 11 is 0. The van der Waals surface area contributed by atoms with Crippen LogP contribution in [-0.2, 0) is 9.84 Å². The van der Waals surface area contributed by atoms with Gasteiger partial charge in [-0.2, -0.15) is 8.78 Å². The highest BCUT2D eigenvalue weighted by molar-refractivity contribution is 7.91. The molecular weight excluding hydrogens is 404 g/mol. The maximum Gasteiger partial charge on any atom is 0.341 e. The first-order valence-corrected chi connectivity index (χ1v) is 10.2. The summed E-state index contributed by atoms with van der Waals surface area (Å²) in [6, 6.07) is 11.6. The van der Waals surface area contributed by atoms with Gasteiger partial charge in [-0.15, -0.1) is 5.10 Å². The van der Waals surface area contributed by atoms with Crippen LogP contribution < -0.4 is 5.32 Å². The number of hydrogen-bond acceptors (Lipinski definition) is 6. The van der Waals surface area contributed by atoms with E-state index in [-0.39, 0.29) is 5.56 Å². The second-order valence-electron chi connectivity index (χ2n) is 6.54. The van der Waals surface area contributed by atoms with Gasteiger partial charge in [0, 0.05) is 16.8 Å². The fraction of sp³-hybridized carbons (Fsp3) is 0.222. The van der Waals surface area contributed by atoms with Crippen molar-refractivity contribution in [3.05, 3.63) is 54.1 Å². The molecule has 1 aromatic heterocycles. The molecule has 11 heteroatoms. The van der Waals surface area contributed by atoms with Gasteiger partial charge in [0.15, 0.2) is 5.82 Å². The summed E-state index contributed by atoms with van der Waals surface area (Å²) < 4.78 is 49.8. The fourth-order valence-electron chi connectivity index (χ4n) is 2.75. The lowest BCUT2D eigenvalue weighted by Gasteiger charge is -2.08. The first-order valence-electron chi connectivity index (χ1n) is 8.68. The lowest BCUT2D eigenvalue weighted by molar-refractivity contribution is 0.102. The Morgan fingerprint density at radius 2 is 1.72 bits per heavy atom. The number of rotatable bonds is 6. The van der Waals surface area contributed by atoms with E-state index >= 15 is 0 Å². The molecule has 3 aromatic rings. The highest BCUT2D eigenvalue weighted by atomic mass is 32.2. The van der Waals surface area contributed by atoms with E-state index in [0.29, 0.717) is 17.6 Å². The summed E-state index contributed by atoms with van der Waals surface area (Å²) in [7, 11) is -4.69. The third-order valence-corrected chi connectivity index (χ3v) is 5.86. The topological polar surface area (TPSA) is 107 Å². The number of tetrazole rings is 1. The van der Waals surface area contributed by atoms with Gasteiger partial charge < -0.3 is 5.32 Å². The minimum absolute atomic E-state index is 0.139. The van der Waals surface area contributed by atoms with Crippen LogP contribution in [0.2, 0.25) is 0 Å². The molecule has 150 valence electrons. The van der Waals surface area contributed by atoms with Crippen molar-refractivity contribution in [1.29, 1.82) is 0 Å². The molecule has 0 saturated heterocycles. The Hall–Kier alpha value is -3.21. The van der Waals surface area contributed by atoms with E-state index in [0.717, 1.165) is 30.5 Å². The van der Waals surface area contributed by atoms with E-state index in [2.05, 4.69) is 20.8 Å². The second-order valence-corrected chi connectivity index (χ2v) is 8.46. The van der Waals surface area contributed by atoms with Gasteiger partial charge in [-0.3, -0.25) is 4.79 Å². The minimum atomic E-state index is -4.69. The molecule has 29 heavy (non-hydrogen) atoms. The van der Waals surface area contributed by atoms with Crippen molar-refractivity contribution in [2.24, 2.45) is 0 Å². The van der Waals surface area contributed by atoms with Crippen LogP contribution in [0.5, 0.6) is 0 Å². The van der Waals surface area contributed by atoms with Crippen molar-refractivity contribution >= 4 is 21.4 Å². The normalized spacial score (nSPS) is 14.2.